The fourth-order valence-electron chi connectivity index (χ4n) is 3.54. The smallest absolute Gasteiger partial charge is 0.339 e. The van der Waals surface area contributed by atoms with Crippen LogP contribution in [0.1, 0.15) is 32.2 Å². The van der Waals surface area contributed by atoms with Crippen molar-refractivity contribution in [1.82, 2.24) is 0 Å². The van der Waals surface area contributed by atoms with Crippen molar-refractivity contribution in [2.75, 3.05) is 7.11 Å². The Morgan fingerprint density at radius 1 is 0.806 bits per heavy atom. The number of ketones is 2. The summed E-state index contributed by atoms with van der Waals surface area (Å²) in [6.07, 6.45) is 0. The number of ether oxygens (including phenoxy) is 1. The van der Waals surface area contributed by atoms with E-state index in [4.69, 9.17) is 9.15 Å². The molecule has 1 heterocycles. The average Bonchev–Trinajstić information content (AvgIpc) is 3.04. The third-order valence-corrected chi connectivity index (χ3v) is 5.06. The lowest BCUT2D eigenvalue weighted by atomic mass is 9.94. The number of Topliss-reactive ketones (excluding diaryl/α,β-unsaturated/α-hetero) is 2. The molecule has 154 valence electrons. The van der Waals surface area contributed by atoms with Crippen LogP contribution >= 0.6 is 0 Å². The number of carbonyl (C=O) groups excluding carboxylic acids is 2. The maximum Gasteiger partial charge on any atom is 0.339 e. The van der Waals surface area contributed by atoms with Gasteiger partial charge in [-0.1, -0.05) is 48.5 Å². The number of carbonyl (C=O) groups is 2. The Morgan fingerprint density at radius 3 is 2.00 bits per heavy atom. The highest BCUT2D eigenvalue weighted by molar-refractivity contribution is 6.29. The molecule has 0 fully saturated rings. The zero-order chi connectivity index (χ0) is 22.0. The van der Waals surface area contributed by atoms with Crippen LogP contribution in [0.5, 0.6) is 11.5 Å². The maximum absolute atomic E-state index is 12.3. The van der Waals surface area contributed by atoms with Gasteiger partial charge in [-0.3, -0.25) is 9.59 Å². The summed E-state index contributed by atoms with van der Waals surface area (Å²) >= 11 is 0. The van der Waals surface area contributed by atoms with Gasteiger partial charge in [0.05, 0.1) is 18.6 Å². The van der Waals surface area contributed by atoms with Crippen LogP contribution in [-0.4, -0.2) is 23.8 Å². The van der Waals surface area contributed by atoms with Gasteiger partial charge in [-0.05, 0) is 29.8 Å². The fraction of sp³-hybridized carbons (Fsp3) is 0.0800. The summed E-state index contributed by atoms with van der Waals surface area (Å²) in [5.74, 6) is -0.277. The van der Waals surface area contributed by atoms with Gasteiger partial charge in [-0.2, -0.15) is 0 Å². The normalized spacial score (nSPS) is 12.9. The second kappa shape index (κ2) is 8.28. The number of fused-ring (bicyclic) bond motifs is 2. The Bertz CT molecular complexity index is 1300. The van der Waals surface area contributed by atoms with Crippen LogP contribution in [0.2, 0.25) is 0 Å². The van der Waals surface area contributed by atoms with Crippen molar-refractivity contribution in [2.24, 2.45) is 0 Å². The molecule has 0 atom stereocenters. The molecule has 0 bridgehead atoms. The van der Waals surface area contributed by atoms with Crippen molar-refractivity contribution in [2.45, 2.75) is 5.92 Å². The SMILES string of the molecule is COc1ccc(C2C(=O)c3ccccc3C2=O)cc1.O=c1cc(O)c2ccccc2o1. The first-order valence-electron chi connectivity index (χ1n) is 9.53. The van der Waals surface area contributed by atoms with E-state index in [1.807, 2.05) is 0 Å². The number of aromatic hydroxyl groups is 1. The van der Waals surface area contributed by atoms with Gasteiger partial charge in [0.15, 0.2) is 11.6 Å². The number of benzene rings is 3. The van der Waals surface area contributed by atoms with E-state index < -0.39 is 11.5 Å². The number of para-hydroxylation sites is 1. The molecule has 4 aromatic rings. The highest BCUT2D eigenvalue weighted by Gasteiger charge is 2.39. The summed E-state index contributed by atoms with van der Waals surface area (Å²) in [4.78, 5) is 35.4. The summed E-state index contributed by atoms with van der Waals surface area (Å²) < 4.78 is 9.90. The van der Waals surface area contributed by atoms with Crippen molar-refractivity contribution in [1.29, 1.82) is 0 Å². The summed E-state index contributed by atoms with van der Waals surface area (Å²) in [5.41, 5.74) is 1.63. The van der Waals surface area contributed by atoms with Gasteiger partial charge in [0.25, 0.3) is 0 Å². The number of hydrogen-bond acceptors (Lipinski definition) is 6. The van der Waals surface area contributed by atoms with Crippen LogP contribution < -0.4 is 10.4 Å². The van der Waals surface area contributed by atoms with E-state index >= 15 is 0 Å². The summed E-state index contributed by atoms with van der Waals surface area (Å²) in [6.45, 7) is 0. The quantitative estimate of drug-likeness (QED) is 0.387. The van der Waals surface area contributed by atoms with E-state index in [-0.39, 0.29) is 17.3 Å². The maximum atomic E-state index is 12.3. The van der Waals surface area contributed by atoms with E-state index in [9.17, 15) is 19.5 Å². The lowest BCUT2D eigenvalue weighted by Crippen LogP contribution is -2.12. The zero-order valence-electron chi connectivity index (χ0n) is 16.6. The number of rotatable bonds is 2. The zero-order valence-corrected chi connectivity index (χ0v) is 16.6. The Labute approximate surface area is 177 Å². The Balaban J connectivity index is 0.000000166. The minimum atomic E-state index is -0.705. The highest BCUT2D eigenvalue weighted by Crippen LogP contribution is 2.34. The first kappa shape index (κ1) is 20.1. The molecule has 0 radical (unpaired) electrons. The van der Waals surface area contributed by atoms with E-state index in [1.165, 1.54) is 0 Å². The molecule has 1 N–H and O–H groups in total. The molecule has 3 aromatic carbocycles. The van der Waals surface area contributed by atoms with Gasteiger partial charge in [0, 0.05) is 11.1 Å². The molecule has 0 saturated carbocycles. The van der Waals surface area contributed by atoms with Crippen LogP contribution in [0.25, 0.3) is 11.0 Å². The van der Waals surface area contributed by atoms with Gasteiger partial charge in [0.1, 0.15) is 23.0 Å². The Hall–Kier alpha value is -4.19. The van der Waals surface area contributed by atoms with Gasteiger partial charge in [-0.15, -0.1) is 0 Å². The molecular weight excluding hydrogens is 396 g/mol. The van der Waals surface area contributed by atoms with Crippen LogP contribution in [-0.2, 0) is 0 Å². The molecule has 5 rings (SSSR count). The monoisotopic (exact) mass is 414 g/mol. The van der Waals surface area contributed by atoms with Crippen LogP contribution in [0.15, 0.2) is 88.1 Å². The molecule has 0 amide bonds. The molecule has 6 nitrogen and oxygen atoms in total. The van der Waals surface area contributed by atoms with Gasteiger partial charge in [-0.25, -0.2) is 4.79 Å². The molecule has 1 aliphatic rings. The highest BCUT2D eigenvalue weighted by atomic mass is 16.5. The molecule has 0 unspecified atom stereocenters. The molecule has 0 aliphatic heterocycles. The van der Waals surface area contributed by atoms with Crippen LogP contribution in [0.4, 0.5) is 0 Å². The minimum Gasteiger partial charge on any atom is -0.507 e. The summed E-state index contributed by atoms with van der Waals surface area (Å²) in [7, 11) is 1.58. The van der Waals surface area contributed by atoms with E-state index in [2.05, 4.69) is 0 Å². The lowest BCUT2D eigenvalue weighted by molar-refractivity contribution is 0.0890. The summed E-state index contributed by atoms with van der Waals surface area (Å²) in [5, 5.41) is 9.84. The molecule has 1 aromatic heterocycles. The molecule has 0 saturated heterocycles. The number of hydrogen-bond donors (Lipinski definition) is 1. The second-order valence-electron chi connectivity index (χ2n) is 6.93. The van der Waals surface area contributed by atoms with Crippen LogP contribution in [0.3, 0.4) is 0 Å². The van der Waals surface area contributed by atoms with Crippen molar-refractivity contribution >= 4 is 22.5 Å². The Morgan fingerprint density at radius 2 is 1.39 bits per heavy atom. The van der Waals surface area contributed by atoms with E-state index in [0.717, 1.165) is 6.07 Å². The van der Waals surface area contributed by atoms with Crippen molar-refractivity contribution < 1.29 is 23.8 Å². The molecule has 31 heavy (non-hydrogen) atoms. The van der Waals surface area contributed by atoms with Crippen molar-refractivity contribution in [3.05, 3.63) is 106 Å². The first-order valence-corrected chi connectivity index (χ1v) is 9.53. The molecular formula is C25H18O6. The van der Waals surface area contributed by atoms with Gasteiger partial charge >= 0.3 is 5.63 Å². The molecule has 6 heteroatoms. The number of methoxy groups -OCH3 is 1. The first-order chi connectivity index (χ1) is 15.0. The van der Waals surface area contributed by atoms with Crippen LogP contribution in [0, 0.1) is 0 Å². The molecule has 0 spiro atoms. The predicted octanol–water partition coefficient (Wildman–Crippen LogP) is 4.36. The largest absolute Gasteiger partial charge is 0.507 e. The van der Waals surface area contributed by atoms with Gasteiger partial charge in [0.2, 0.25) is 0 Å². The van der Waals surface area contributed by atoms with Crippen molar-refractivity contribution in [3.63, 3.8) is 0 Å². The lowest BCUT2D eigenvalue weighted by Gasteiger charge is -2.08. The Kier molecular flexibility index (Phi) is 5.37. The van der Waals surface area contributed by atoms with E-state index in [0.29, 0.717) is 33.4 Å². The average molecular weight is 414 g/mol. The van der Waals surface area contributed by atoms with Crippen molar-refractivity contribution in [3.8, 4) is 11.5 Å². The topological polar surface area (TPSA) is 93.8 Å². The standard InChI is InChI=1S/C16H12O3.C9H6O3/c1-19-11-8-6-10(7-9-11)14-15(17)12-4-2-3-5-13(12)16(14)18;10-7-5-9(11)12-8-4-2-1-3-6(7)8/h2-9,14H,1H3;1-5,10H. The minimum absolute atomic E-state index is 0.0400. The predicted molar refractivity (Wildman–Crippen MR) is 115 cm³/mol. The second-order valence-corrected chi connectivity index (χ2v) is 6.93. The third kappa shape index (κ3) is 3.83. The van der Waals surface area contributed by atoms with E-state index in [1.54, 1.807) is 79.9 Å². The van der Waals surface area contributed by atoms with Gasteiger partial charge < -0.3 is 14.3 Å². The summed E-state index contributed by atoms with van der Waals surface area (Å²) in [6, 6.07) is 21.9. The fourth-order valence-corrected chi connectivity index (χ4v) is 3.54. The molecule has 1 aliphatic carbocycles. The third-order valence-electron chi connectivity index (χ3n) is 5.06.